The summed E-state index contributed by atoms with van der Waals surface area (Å²) in [5.41, 5.74) is -1.07. The van der Waals surface area contributed by atoms with E-state index >= 15 is 0 Å². The Balaban J connectivity index is 2.16. The van der Waals surface area contributed by atoms with Gasteiger partial charge in [-0.3, -0.25) is 4.68 Å². The van der Waals surface area contributed by atoms with E-state index in [1.54, 1.807) is 13.8 Å². The Morgan fingerprint density at radius 3 is 2.44 bits per heavy atom. The van der Waals surface area contributed by atoms with E-state index < -0.39 is 29.6 Å². The van der Waals surface area contributed by atoms with Gasteiger partial charge in [0.05, 0.1) is 5.92 Å². The number of alkyl halides is 5. The molecule has 2 unspecified atom stereocenters. The molecule has 0 N–H and O–H groups in total. The predicted molar refractivity (Wildman–Crippen MR) is 52.5 cm³/mol. The highest BCUT2D eigenvalue weighted by Crippen LogP contribution is 2.69. The molecular weight excluding hydrogens is 255 g/mol. The average molecular weight is 266 g/mol. The molecule has 0 radical (unpaired) electrons. The highest BCUT2D eigenvalue weighted by molar-refractivity contribution is 5.47. The van der Waals surface area contributed by atoms with Gasteiger partial charge in [-0.05, 0) is 20.3 Å². The van der Waals surface area contributed by atoms with E-state index in [9.17, 15) is 22.0 Å². The summed E-state index contributed by atoms with van der Waals surface area (Å²) in [6, 6.07) is -0.263. The van der Waals surface area contributed by atoms with Crippen molar-refractivity contribution < 1.29 is 22.0 Å². The van der Waals surface area contributed by atoms with Gasteiger partial charge in [-0.15, -0.1) is 0 Å². The third kappa shape index (κ3) is 1.30. The third-order valence-corrected chi connectivity index (χ3v) is 3.73. The maximum Gasteiger partial charge on any atom is 0.435 e. The molecule has 7 heteroatoms. The lowest BCUT2D eigenvalue weighted by molar-refractivity contribution is -0.142. The summed E-state index contributed by atoms with van der Waals surface area (Å²) in [5, 5.41) is 3.50. The van der Waals surface area contributed by atoms with Crippen molar-refractivity contribution in [2.75, 3.05) is 0 Å². The van der Waals surface area contributed by atoms with Crippen molar-refractivity contribution >= 4 is 0 Å². The number of aromatic nitrogens is 2. The minimum absolute atomic E-state index is 0.00569. The summed E-state index contributed by atoms with van der Waals surface area (Å²) in [5.74, 6) is -5.23. The van der Waals surface area contributed by atoms with Crippen LogP contribution in [-0.4, -0.2) is 15.7 Å². The summed E-state index contributed by atoms with van der Waals surface area (Å²) in [4.78, 5) is 0. The van der Waals surface area contributed by atoms with Crippen LogP contribution in [0.25, 0.3) is 0 Å². The molecule has 1 aromatic heterocycles. The van der Waals surface area contributed by atoms with Crippen LogP contribution >= 0.6 is 0 Å². The summed E-state index contributed by atoms with van der Waals surface area (Å²) < 4.78 is 66.4. The summed E-state index contributed by atoms with van der Waals surface area (Å²) in [6.07, 6.45) is -4.67. The van der Waals surface area contributed by atoms with Crippen molar-refractivity contribution in [1.82, 2.24) is 9.78 Å². The van der Waals surface area contributed by atoms with Crippen LogP contribution in [0.5, 0.6) is 0 Å². The minimum atomic E-state index is -4.67. The number of hydrogen-bond acceptors (Lipinski definition) is 1. The zero-order chi connectivity index (χ0) is 13.5. The molecule has 0 spiro atoms. The number of hydrogen-bond donors (Lipinski definition) is 0. The van der Waals surface area contributed by atoms with Crippen LogP contribution < -0.4 is 0 Å². The maximum atomic E-state index is 13.3. The summed E-state index contributed by atoms with van der Waals surface area (Å²) in [7, 11) is 0. The lowest BCUT2D eigenvalue weighted by atomic mass is 10.1. The standard InChI is InChI=1S/C11H11F5N2/c1-4(2)18-6-3-5-8(10(5,12)13)7(6)9(17-18)11(14,15)16/h4-5,8H,3H2,1-2H3. The van der Waals surface area contributed by atoms with Gasteiger partial charge in [0.2, 0.25) is 0 Å². The Hall–Kier alpha value is -1.14. The van der Waals surface area contributed by atoms with Crippen molar-refractivity contribution in [3.05, 3.63) is 17.0 Å². The van der Waals surface area contributed by atoms with E-state index in [1.165, 1.54) is 4.68 Å². The first-order valence-electron chi connectivity index (χ1n) is 5.72. The molecule has 100 valence electrons. The Bertz CT molecular complexity index is 514. The molecule has 18 heavy (non-hydrogen) atoms. The first-order valence-corrected chi connectivity index (χ1v) is 5.72. The SMILES string of the molecule is CC(C)n1nc(C(F)(F)F)c2c1CC1C2C1(F)F. The molecule has 0 amide bonds. The van der Waals surface area contributed by atoms with Gasteiger partial charge in [0.25, 0.3) is 5.92 Å². The Morgan fingerprint density at radius 2 is 1.94 bits per heavy atom. The zero-order valence-electron chi connectivity index (χ0n) is 9.72. The molecular formula is C11H11F5N2. The second-order valence-corrected chi connectivity index (χ2v) is 5.21. The van der Waals surface area contributed by atoms with Crippen LogP contribution in [0.1, 0.15) is 42.8 Å². The number of rotatable bonds is 1. The third-order valence-electron chi connectivity index (χ3n) is 3.73. The molecule has 2 atom stereocenters. The van der Waals surface area contributed by atoms with E-state index in [-0.39, 0.29) is 18.0 Å². The van der Waals surface area contributed by atoms with Gasteiger partial charge in [0.15, 0.2) is 5.69 Å². The van der Waals surface area contributed by atoms with Gasteiger partial charge in [0, 0.05) is 23.2 Å². The van der Waals surface area contributed by atoms with Crippen LogP contribution in [0.15, 0.2) is 0 Å². The van der Waals surface area contributed by atoms with E-state index in [0.717, 1.165) is 0 Å². The van der Waals surface area contributed by atoms with Crippen LogP contribution in [0.4, 0.5) is 22.0 Å². The molecule has 0 bridgehead atoms. The molecule has 2 aliphatic rings. The Morgan fingerprint density at radius 1 is 1.33 bits per heavy atom. The molecule has 1 heterocycles. The zero-order valence-corrected chi connectivity index (χ0v) is 9.72. The normalized spacial score (nSPS) is 28.4. The molecule has 3 rings (SSSR count). The van der Waals surface area contributed by atoms with Crippen molar-refractivity contribution in [3.63, 3.8) is 0 Å². The van der Waals surface area contributed by atoms with Crippen LogP contribution in [0.3, 0.4) is 0 Å². The van der Waals surface area contributed by atoms with Gasteiger partial charge in [-0.25, -0.2) is 8.78 Å². The van der Waals surface area contributed by atoms with E-state index in [0.29, 0.717) is 5.69 Å². The maximum absolute atomic E-state index is 13.3. The van der Waals surface area contributed by atoms with Gasteiger partial charge in [-0.2, -0.15) is 18.3 Å². The molecule has 1 aromatic rings. The second-order valence-electron chi connectivity index (χ2n) is 5.21. The van der Waals surface area contributed by atoms with Crippen LogP contribution in [0, 0.1) is 5.92 Å². The highest BCUT2D eigenvalue weighted by Gasteiger charge is 2.74. The van der Waals surface area contributed by atoms with Gasteiger partial charge in [0.1, 0.15) is 0 Å². The topological polar surface area (TPSA) is 17.8 Å². The average Bonchev–Trinajstić information content (AvgIpc) is 2.58. The Kier molecular flexibility index (Phi) is 2.02. The first-order chi connectivity index (χ1) is 8.15. The van der Waals surface area contributed by atoms with Crippen molar-refractivity contribution in [2.24, 2.45) is 5.92 Å². The van der Waals surface area contributed by atoms with E-state index in [4.69, 9.17) is 0 Å². The molecule has 0 saturated heterocycles. The predicted octanol–water partition coefficient (Wildman–Crippen LogP) is 3.39. The quantitative estimate of drug-likeness (QED) is 0.712. The molecule has 0 aliphatic heterocycles. The molecule has 2 aliphatic carbocycles. The fraction of sp³-hybridized carbons (Fsp3) is 0.727. The summed E-state index contributed by atoms with van der Waals surface area (Å²) in [6.45, 7) is 3.38. The van der Waals surface area contributed by atoms with Crippen molar-refractivity contribution in [2.45, 2.75) is 44.3 Å². The van der Waals surface area contributed by atoms with Crippen molar-refractivity contribution in [1.29, 1.82) is 0 Å². The van der Waals surface area contributed by atoms with Gasteiger partial charge in [-0.1, -0.05) is 0 Å². The Labute approximate surface area is 99.8 Å². The first kappa shape index (κ1) is 11.9. The molecule has 1 fully saturated rings. The van der Waals surface area contributed by atoms with Gasteiger partial charge >= 0.3 is 6.18 Å². The molecule has 1 saturated carbocycles. The fourth-order valence-electron chi connectivity index (χ4n) is 2.89. The van der Waals surface area contributed by atoms with E-state index in [1.807, 2.05) is 0 Å². The highest BCUT2D eigenvalue weighted by atomic mass is 19.4. The largest absolute Gasteiger partial charge is 0.435 e. The fourth-order valence-corrected chi connectivity index (χ4v) is 2.89. The van der Waals surface area contributed by atoms with Crippen LogP contribution in [0.2, 0.25) is 0 Å². The van der Waals surface area contributed by atoms with Gasteiger partial charge < -0.3 is 0 Å². The lowest BCUT2D eigenvalue weighted by Crippen LogP contribution is -2.11. The lowest BCUT2D eigenvalue weighted by Gasteiger charge is -2.10. The van der Waals surface area contributed by atoms with Crippen molar-refractivity contribution in [3.8, 4) is 0 Å². The monoisotopic (exact) mass is 266 g/mol. The smallest absolute Gasteiger partial charge is 0.266 e. The molecule has 2 nitrogen and oxygen atoms in total. The summed E-state index contributed by atoms with van der Waals surface area (Å²) >= 11 is 0. The molecule has 0 aromatic carbocycles. The minimum Gasteiger partial charge on any atom is -0.266 e. The van der Waals surface area contributed by atoms with Crippen LogP contribution in [-0.2, 0) is 12.6 Å². The van der Waals surface area contributed by atoms with E-state index in [2.05, 4.69) is 5.10 Å². The number of fused-ring (bicyclic) bond motifs is 3. The number of halogens is 5. The number of nitrogens with zero attached hydrogens (tertiary/aromatic N) is 2. The second kappa shape index (κ2) is 3.05.